The van der Waals surface area contributed by atoms with Gasteiger partial charge in [0.25, 0.3) is 0 Å². The largest absolute Gasteiger partial charge is 0.487 e. The highest BCUT2D eigenvalue weighted by Crippen LogP contribution is 2.24. The summed E-state index contributed by atoms with van der Waals surface area (Å²) < 4.78 is 5.95. The van der Waals surface area contributed by atoms with Crippen molar-refractivity contribution in [3.8, 4) is 5.75 Å². The lowest BCUT2D eigenvalue weighted by Crippen LogP contribution is -2.90. The molecule has 0 atom stereocenters. The van der Waals surface area contributed by atoms with Crippen LogP contribution in [0.5, 0.6) is 5.75 Å². The van der Waals surface area contributed by atoms with Gasteiger partial charge in [-0.25, -0.2) is 0 Å². The third-order valence-electron chi connectivity index (χ3n) is 4.02. The van der Waals surface area contributed by atoms with Gasteiger partial charge in [-0.3, -0.25) is 0 Å². The van der Waals surface area contributed by atoms with Crippen molar-refractivity contribution in [2.24, 2.45) is 0 Å². The summed E-state index contributed by atoms with van der Waals surface area (Å²) in [5.74, 6) is 1.01. The van der Waals surface area contributed by atoms with E-state index >= 15 is 0 Å². The van der Waals surface area contributed by atoms with Crippen LogP contribution >= 0.6 is 0 Å². The third-order valence-corrected chi connectivity index (χ3v) is 4.02. The Morgan fingerprint density at radius 2 is 1.79 bits per heavy atom. The molecule has 0 bridgehead atoms. The Morgan fingerprint density at radius 1 is 1.00 bits per heavy atom. The number of quaternary nitrogens is 1. The van der Waals surface area contributed by atoms with E-state index in [1.807, 2.05) is 0 Å². The molecule has 0 radical (unpaired) electrons. The Morgan fingerprint density at radius 3 is 2.68 bits per heavy atom. The Bertz CT molecular complexity index is 526. The summed E-state index contributed by atoms with van der Waals surface area (Å²) in [6.07, 6.45) is 5.58. The second-order valence-electron chi connectivity index (χ2n) is 5.39. The standard InChI is InChI=1S/C17H21NO/c1-4-10-16-14(6-1)7-5-11-17(16)19-13-12-18-15-8-2-3-9-15/h1,4-7,10-11,15,18H,2-3,8-9,12-13H2/p+1. The molecule has 3 rings (SSSR count). The van der Waals surface area contributed by atoms with Crippen molar-refractivity contribution in [1.29, 1.82) is 0 Å². The zero-order chi connectivity index (χ0) is 12.9. The van der Waals surface area contributed by atoms with Gasteiger partial charge in [0, 0.05) is 5.39 Å². The van der Waals surface area contributed by atoms with E-state index in [0.29, 0.717) is 0 Å². The maximum atomic E-state index is 5.95. The monoisotopic (exact) mass is 256 g/mol. The minimum absolute atomic E-state index is 0.796. The summed E-state index contributed by atoms with van der Waals surface area (Å²) in [5, 5.41) is 4.92. The number of fused-ring (bicyclic) bond motifs is 1. The normalized spacial score (nSPS) is 16.0. The van der Waals surface area contributed by atoms with Crippen molar-refractivity contribution < 1.29 is 10.1 Å². The molecule has 0 spiro atoms. The molecule has 2 heteroatoms. The van der Waals surface area contributed by atoms with E-state index in [9.17, 15) is 0 Å². The molecular weight excluding hydrogens is 234 g/mol. The van der Waals surface area contributed by atoms with Gasteiger partial charge in [0.2, 0.25) is 0 Å². The van der Waals surface area contributed by atoms with E-state index in [4.69, 9.17) is 4.74 Å². The van der Waals surface area contributed by atoms with Crippen LogP contribution in [0.4, 0.5) is 0 Å². The molecule has 2 aromatic rings. The minimum Gasteiger partial charge on any atom is -0.487 e. The van der Waals surface area contributed by atoms with Gasteiger partial charge >= 0.3 is 0 Å². The van der Waals surface area contributed by atoms with Gasteiger partial charge in [-0.05, 0) is 37.1 Å². The van der Waals surface area contributed by atoms with Crippen LogP contribution in [0, 0.1) is 0 Å². The molecule has 0 unspecified atom stereocenters. The molecule has 1 saturated carbocycles. The first-order valence-corrected chi connectivity index (χ1v) is 7.37. The van der Waals surface area contributed by atoms with Crippen LogP contribution < -0.4 is 10.1 Å². The van der Waals surface area contributed by atoms with Crippen LogP contribution in [0.2, 0.25) is 0 Å². The van der Waals surface area contributed by atoms with Gasteiger partial charge in [0.05, 0.1) is 6.04 Å². The lowest BCUT2D eigenvalue weighted by atomic mass is 10.1. The Labute approximate surface area is 114 Å². The molecule has 0 saturated heterocycles. The number of benzene rings is 2. The summed E-state index contributed by atoms with van der Waals surface area (Å²) >= 11 is 0. The van der Waals surface area contributed by atoms with Gasteiger partial charge in [-0.15, -0.1) is 0 Å². The third kappa shape index (κ3) is 3.07. The quantitative estimate of drug-likeness (QED) is 0.818. The molecule has 2 aromatic carbocycles. The summed E-state index contributed by atoms with van der Waals surface area (Å²) in [7, 11) is 0. The van der Waals surface area contributed by atoms with Crippen molar-refractivity contribution in [2.75, 3.05) is 13.2 Å². The van der Waals surface area contributed by atoms with Crippen molar-refractivity contribution >= 4 is 10.8 Å². The SMILES string of the molecule is c1ccc2c(OCC[NH2+]C3CCCC3)cccc2c1. The molecule has 0 aromatic heterocycles. The Hall–Kier alpha value is -1.54. The summed E-state index contributed by atoms with van der Waals surface area (Å²) in [4.78, 5) is 0. The van der Waals surface area contributed by atoms with Crippen LogP contribution in [0.25, 0.3) is 10.8 Å². The van der Waals surface area contributed by atoms with Crippen molar-refractivity contribution in [3.05, 3.63) is 42.5 Å². The van der Waals surface area contributed by atoms with Crippen LogP contribution in [0.3, 0.4) is 0 Å². The molecule has 0 aliphatic heterocycles. The van der Waals surface area contributed by atoms with E-state index in [1.54, 1.807) is 0 Å². The summed E-state index contributed by atoms with van der Waals surface area (Å²) in [6, 6.07) is 15.5. The number of hydrogen-bond donors (Lipinski definition) is 1. The highest BCUT2D eigenvalue weighted by molar-refractivity contribution is 5.88. The number of nitrogens with two attached hydrogens (primary N) is 1. The Kier molecular flexibility index (Phi) is 3.99. The van der Waals surface area contributed by atoms with Crippen LogP contribution in [-0.2, 0) is 0 Å². The predicted molar refractivity (Wildman–Crippen MR) is 78.5 cm³/mol. The first kappa shape index (κ1) is 12.5. The number of hydrogen-bond acceptors (Lipinski definition) is 1. The van der Waals surface area contributed by atoms with Crippen LogP contribution in [0.15, 0.2) is 42.5 Å². The fourth-order valence-electron chi connectivity index (χ4n) is 2.99. The van der Waals surface area contributed by atoms with E-state index in [-0.39, 0.29) is 0 Å². The predicted octanol–water partition coefficient (Wildman–Crippen LogP) is 2.72. The second-order valence-corrected chi connectivity index (χ2v) is 5.39. The van der Waals surface area contributed by atoms with Gasteiger partial charge in [-0.1, -0.05) is 36.4 Å². The van der Waals surface area contributed by atoms with E-state index in [0.717, 1.165) is 24.9 Å². The maximum Gasteiger partial charge on any atom is 0.137 e. The molecule has 2 nitrogen and oxygen atoms in total. The molecule has 1 fully saturated rings. The van der Waals surface area contributed by atoms with Crippen LogP contribution in [-0.4, -0.2) is 19.2 Å². The zero-order valence-corrected chi connectivity index (χ0v) is 11.3. The fourth-order valence-corrected chi connectivity index (χ4v) is 2.99. The zero-order valence-electron chi connectivity index (χ0n) is 11.3. The summed E-state index contributed by atoms with van der Waals surface area (Å²) in [6.45, 7) is 1.86. The maximum absolute atomic E-state index is 5.95. The highest BCUT2D eigenvalue weighted by Gasteiger charge is 2.16. The summed E-state index contributed by atoms with van der Waals surface area (Å²) in [5.41, 5.74) is 0. The van der Waals surface area contributed by atoms with Crippen molar-refractivity contribution in [3.63, 3.8) is 0 Å². The average molecular weight is 256 g/mol. The minimum atomic E-state index is 0.796. The molecule has 19 heavy (non-hydrogen) atoms. The lowest BCUT2D eigenvalue weighted by Gasteiger charge is -2.11. The second kappa shape index (κ2) is 6.07. The van der Waals surface area contributed by atoms with Gasteiger partial charge in [0.15, 0.2) is 0 Å². The lowest BCUT2D eigenvalue weighted by molar-refractivity contribution is -0.688. The molecule has 100 valence electrons. The number of ether oxygens (including phenoxy) is 1. The van der Waals surface area contributed by atoms with Gasteiger partial charge in [0.1, 0.15) is 18.9 Å². The first-order valence-electron chi connectivity index (χ1n) is 7.37. The fraction of sp³-hybridized carbons (Fsp3) is 0.412. The number of rotatable bonds is 5. The van der Waals surface area contributed by atoms with Crippen molar-refractivity contribution in [1.82, 2.24) is 0 Å². The smallest absolute Gasteiger partial charge is 0.137 e. The first-order chi connectivity index (χ1) is 9.43. The molecule has 0 amide bonds. The van der Waals surface area contributed by atoms with Gasteiger partial charge in [-0.2, -0.15) is 0 Å². The van der Waals surface area contributed by atoms with Gasteiger partial charge < -0.3 is 10.1 Å². The molecule has 0 heterocycles. The Balaban J connectivity index is 1.56. The van der Waals surface area contributed by atoms with Crippen molar-refractivity contribution in [2.45, 2.75) is 31.7 Å². The average Bonchev–Trinajstić information content (AvgIpc) is 2.97. The van der Waals surface area contributed by atoms with Crippen LogP contribution in [0.1, 0.15) is 25.7 Å². The van der Waals surface area contributed by atoms with E-state index < -0.39 is 0 Å². The molecule has 1 aliphatic carbocycles. The molecule has 1 aliphatic rings. The molecule has 2 N–H and O–H groups in total. The van der Waals surface area contributed by atoms with E-state index in [2.05, 4.69) is 47.8 Å². The van der Waals surface area contributed by atoms with E-state index in [1.165, 1.54) is 36.5 Å². The highest BCUT2D eigenvalue weighted by atomic mass is 16.5. The molecular formula is C17H22NO+. The topological polar surface area (TPSA) is 25.8 Å².